The third-order valence-electron chi connectivity index (χ3n) is 11.5. The molecule has 4 N–H and O–H groups in total. The zero-order valence-corrected chi connectivity index (χ0v) is 39.1. The Hall–Kier alpha value is -3.24. The first-order chi connectivity index (χ1) is 29.4. The lowest BCUT2D eigenvalue weighted by Crippen LogP contribution is -2.64. The van der Waals surface area contributed by atoms with Crippen LogP contribution in [0, 0.1) is 17.3 Å². The summed E-state index contributed by atoms with van der Waals surface area (Å²) in [5, 5.41) is 19.6. The first-order valence-corrected chi connectivity index (χ1v) is 24.2. The maximum absolute atomic E-state index is 13.3. The van der Waals surface area contributed by atoms with Gasteiger partial charge in [0.15, 0.2) is 5.60 Å². The molecule has 66 heavy (non-hydrogen) atoms. The number of ether oxygens (including phenoxy) is 1. The van der Waals surface area contributed by atoms with Gasteiger partial charge in [-0.2, -0.15) is 61.1 Å². The maximum Gasteiger partial charge on any atom is 0.512 e. The van der Waals surface area contributed by atoms with Gasteiger partial charge in [0.2, 0.25) is 0 Å². The second-order valence-corrected chi connectivity index (χ2v) is 21.6. The number of nitrogens with one attached hydrogen (secondary N) is 1. The van der Waals surface area contributed by atoms with E-state index in [1.165, 1.54) is 38.1 Å². The number of carbonyl (C=O) groups is 1. The molecule has 0 spiro atoms. The summed E-state index contributed by atoms with van der Waals surface area (Å²) >= 11 is 0. The van der Waals surface area contributed by atoms with Crippen LogP contribution in [-0.2, 0) is 39.7 Å². The van der Waals surface area contributed by atoms with Crippen molar-refractivity contribution in [1.82, 2.24) is 4.13 Å². The molecule has 12 nitrogen and oxygen atoms in total. The predicted octanol–water partition coefficient (Wildman–Crippen LogP) is 9.69. The van der Waals surface area contributed by atoms with Crippen LogP contribution in [0.15, 0.2) is 58.3 Å². The van der Waals surface area contributed by atoms with E-state index in [4.69, 9.17) is 9.29 Å². The van der Waals surface area contributed by atoms with Crippen LogP contribution >= 0.6 is 0 Å². The van der Waals surface area contributed by atoms with Crippen LogP contribution < -0.4 is 4.13 Å². The minimum atomic E-state index is -6.28. The quantitative estimate of drug-likeness (QED) is 0.0846. The number of esters is 1. The van der Waals surface area contributed by atoms with Crippen molar-refractivity contribution in [3.63, 3.8) is 0 Å². The molecule has 0 heterocycles. The van der Waals surface area contributed by atoms with Crippen LogP contribution in [0.5, 0.6) is 0 Å². The van der Waals surface area contributed by atoms with Gasteiger partial charge in [-0.25, -0.2) is 16.8 Å². The van der Waals surface area contributed by atoms with E-state index < -0.39 is 119 Å². The molecule has 1 saturated carbocycles. The number of aliphatic hydroxyl groups is 2. The average molecular weight is 1040 g/mol. The fraction of sp³-hybridized carbons (Fsp3) is 0.667. The van der Waals surface area contributed by atoms with Crippen molar-refractivity contribution >= 4 is 36.1 Å². The zero-order chi connectivity index (χ0) is 52.1. The van der Waals surface area contributed by atoms with E-state index in [9.17, 15) is 92.9 Å². The second kappa shape index (κ2) is 21.6. The molecule has 0 aromatic heterocycles. The summed E-state index contributed by atoms with van der Waals surface area (Å²) < 4.78 is 237. The number of hydrogen-bond donors (Lipinski definition) is 4. The van der Waals surface area contributed by atoms with E-state index in [2.05, 4.69) is 13.8 Å². The van der Waals surface area contributed by atoms with Crippen molar-refractivity contribution in [3.05, 3.63) is 59.7 Å². The highest BCUT2D eigenvalue weighted by molar-refractivity contribution is 8.05. The van der Waals surface area contributed by atoms with Crippen molar-refractivity contribution in [2.24, 2.45) is 17.3 Å². The van der Waals surface area contributed by atoms with Gasteiger partial charge < -0.3 is 14.9 Å². The average Bonchev–Trinajstić information content (AvgIpc) is 3.17. The summed E-state index contributed by atoms with van der Waals surface area (Å²) in [4.78, 5) is 11.6. The Bertz CT molecular complexity index is 2230. The van der Waals surface area contributed by atoms with Crippen LogP contribution in [0.1, 0.15) is 117 Å². The van der Waals surface area contributed by atoms with E-state index in [1.807, 2.05) is 13.8 Å². The monoisotopic (exact) mass is 1040 g/mol. The van der Waals surface area contributed by atoms with E-state index >= 15 is 0 Å². The fourth-order valence-corrected chi connectivity index (χ4v) is 9.02. The van der Waals surface area contributed by atoms with E-state index in [-0.39, 0.29) is 24.2 Å². The SMILES string of the molecule is CCC(C)(C)C(=O)OC1CC(C(C)(O)C(F)(F)F)CC(C(O)(C(F)(F)F)C(F)(F)F)C1.CCC(C)c1ccc(S(=O)(=O)NS(=O)(=O)C(F)(F)F)cc1.CCC(C)c1ccc(S(=O)(=O)O)cc1. The molecule has 3 rings (SSSR count). The second-order valence-electron chi connectivity index (χ2n) is 16.5. The Morgan fingerprint density at radius 2 is 1.03 bits per heavy atom. The third kappa shape index (κ3) is 15.1. The number of rotatable bonds is 13. The molecule has 6 unspecified atom stereocenters. The van der Waals surface area contributed by atoms with Crippen molar-refractivity contribution in [3.8, 4) is 0 Å². The summed E-state index contributed by atoms with van der Waals surface area (Å²) in [6.45, 7) is 12.5. The molecular formula is C39H53F12NO11S3. The summed E-state index contributed by atoms with van der Waals surface area (Å²) in [5.41, 5.74) is -14.1. The fourth-order valence-electron chi connectivity index (χ4n) is 6.13. The highest BCUT2D eigenvalue weighted by atomic mass is 32.3. The minimum Gasteiger partial charge on any atom is -0.462 e. The van der Waals surface area contributed by atoms with Crippen molar-refractivity contribution < 1.29 is 102 Å². The topological polar surface area (TPSA) is 201 Å². The largest absolute Gasteiger partial charge is 0.512 e. The molecule has 27 heteroatoms. The molecule has 0 amide bonds. The van der Waals surface area contributed by atoms with Gasteiger partial charge in [-0.1, -0.05) is 63.0 Å². The number of sulfonamides is 2. The Balaban J connectivity index is 0.000000535. The molecule has 1 fully saturated rings. The highest BCUT2D eigenvalue weighted by Crippen LogP contribution is 2.55. The summed E-state index contributed by atoms with van der Waals surface area (Å²) in [7, 11) is -14.8. The van der Waals surface area contributed by atoms with Crippen LogP contribution in [0.2, 0.25) is 0 Å². The van der Waals surface area contributed by atoms with Gasteiger partial charge in [0.05, 0.1) is 15.2 Å². The highest BCUT2D eigenvalue weighted by Gasteiger charge is 2.75. The minimum absolute atomic E-state index is 0.0513. The number of alkyl halides is 12. The van der Waals surface area contributed by atoms with Crippen molar-refractivity contribution in [2.45, 2.75) is 157 Å². The predicted molar refractivity (Wildman–Crippen MR) is 214 cm³/mol. The smallest absolute Gasteiger partial charge is 0.462 e. The molecule has 0 saturated heterocycles. The van der Waals surface area contributed by atoms with Gasteiger partial charge >= 0.3 is 40.0 Å². The molecular weight excluding hydrogens is 983 g/mol. The third-order valence-corrected chi connectivity index (χ3v) is 15.6. The number of halogens is 12. The molecule has 382 valence electrons. The Morgan fingerprint density at radius 1 is 0.652 bits per heavy atom. The molecule has 2 aromatic carbocycles. The first kappa shape index (κ1) is 60.8. The molecule has 1 aliphatic rings. The van der Waals surface area contributed by atoms with Crippen LogP contribution in [0.4, 0.5) is 52.7 Å². The molecule has 1 aliphatic carbocycles. The van der Waals surface area contributed by atoms with E-state index in [1.54, 1.807) is 19.1 Å². The summed E-state index contributed by atoms with van der Waals surface area (Å²) in [5.74, 6) is -5.53. The van der Waals surface area contributed by atoms with Crippen molar-refractivity contribution in [1.29, 1.82) is 0 Å². The van der Waals surface area contributed by atoms with Gasteiger partial charge in [-0.05, 0) is 107 Å². The van der Waals surface area contributed by atoms with Gasteiger partial charge in [0.25, 0.3) is 25.7 Å². The number of carbonyl (C=O) groups excluding carboxylic acids is 1. The Kier molecular flexibility index (Phi) is 19.9. The van der Waals surface area contributed by atoms with Crippen LogP contribution in [0.25, 0.3) is 0 Å². The van der Waals surface area contributed by atoms with Gasteiger partial charge in [0, 0.05) is 11.8 Å². The van der Waals surface area contributed by atoms with Crippen LogP contribution in [0.3, 0.4) is 0 Å². The Morgan fingerprint density at radius 3 is 1.35 bits per heavy atom. The zero-order valence-electron chi connectivity index (χ0n) is 36.6. The van der Waals surface area contributed by atoms with Gasteiger partial charge in [-0.3, -0.25) is 9.35 Å². The van der Waals surface area contributed by atoms with Gasteiger partial charge in [0.1, 0.15) is 6.10 Å². The maximum atomic E-state index is 13.3. The lowest BCUT2D eigenvalue weighted by atomic mass is 9.66. The van der Waals surface area contributed by atoms with Crippen molar-refractivity contribution in [2.75, 3.05) is 0 Å². The summed E-state index contributed by atoms with van der Waals surface area (Å²) in [6, 6.07) is 11.3. The lowest BCUT2D eigenvalue weighted by Gasteiger charge is -2.47. The number of hydrogen-bond acceptors (Lipinski definition) is 10. The normalized spacial score (nSPS) is 20.1. The molecule has 0 bridgehead atoms. The van der Waals surface area contributed by atoms with Gasteiger partial charge in [-0.15, -0.1) is 0 Å². The van der Waals surface area contributed by atoms with Crippen LogP contribution in [-0.4, -0.2) is 87.3 Å². The summed E-state index contributed by atoms with van der Waals surface area (Å²) in [6.07, 6.45) is -21.3. The molecule has 2 aromatic rings. The first-order valence-electron chi connectivity index (χ1n) is 19.8. The Labute approximate surface area is 375 Å². The molecule has 6 atom stereocenters. The van der Waals surface area contributed by atoms with E-state index in [0.717, 1.165) is 36.1 Å². The molecule has 0 aliphatic heterocycles. The van der Waals surface area contributed by atoms with E-state index in [0.29, 0.717) is 10.0 Å². The lowest BCUT2D eigenvalue weighted by molar-refractivity contribution is -0.391. The standard InChI is InChI=1S/C18H25F9O4.C11H14F3NO4S2.C10H14O3S/c1-5-13(2,3)12(28)31-11-7-9(14(4,29)16(19,20)21)6-10(8-11)15(30,17(22,23)24)18(25,26)27;1-3-8(2)9-4-6-10(7-5-9)20(16,17)15-21(18,19)11(12,13)14;1-3-8(2)9-4-6-10(7-5-9)14(11,12)13/h9-11,29-30H,5-8H2,1-4H3;4-8,15H,3H2,1-2H3;4-8H,3H2,1-2H3,(H,11,12,13). The molecule has 0 radical (unpaired) electrons. The number of benzene rings is 2.